The summed E-state index contributed by atoms with van der Waals surface area (Å²) in [6, 6.07) is 0. The first kappa shape index (κ1) is 13.0. The van der Waals surface area contributed by atoms with E-state index in [4.69, 9.17) is 0 Å². The van der Waals surface area contributed by atoms with Gasteiger partial charge in [-0.25, -0.2) is 0 Å². The maximum atomic E-state index is 2.62. The van der Waals surface area contributed by atoms with Crippen LogP contribution in [0.25, 0.3) is 0 Å². The number of fused-ring (bicyclic) bond motifs is 1. The van der Waals surface area contributed by atoms with Crippen LogP contribution in [0, 0.1) is 29.1 Å². The van der Waals surface area contributed by atoms with Crippen molar-refractivity contribution in [2.24, 2.45) is 29.1 Å². The van der Waals surface area contributed by atoms with Crippen molar-refractivity contribution in [1.29, 1.82) is 0 Å². The summed E-state index contributed by atoms with van der Waals surface area (Å²) in [5, 5.41) is 0. The van der Waals surface area contributed by atoms with Crippen LogP contribution in [-0.2, 0) is 0 Å². The number of rotatable bonds is 2. The van der Waals surface area contributed by atoms with Gasteiger partial charge >= 0.3 is 0 Å². The van der Waals surface area contributed by atoms with Gasteiger partial charge in [0.1, 0.15) is 0 Å². The van der Waals surface area contributed by atoms with Crippen LogP contribution in [0.2, 0.25) is 0 Å². The maximum Gasteiger partial charge on any atom is -0.0297 e. The molecule has 0 radical (unpaired) electrons. The van der Waals surface area contributed by atoms with E-state index >= 15 is 0 Å². The van der Waals surface area contributed by atoms with Crippen LogP contribution in [0.1, 0.15) is 84.5 Å². The van der Waals surface area contributed by atoms with E-state index in [-0.39, 0.29) is 0 Å². The molecule has 0 N–H and O–H groups in total. The molecule has 0 spiro atoms. The second kappa shape index (κ2) is 5.17. The fourth-order valence-corrected chi connectivity index (χ4v) is 5.52. The normalized spacial score (nSPS) is 38.7. The van der Waals surface area contributed by atoms with Crippen LogP contribution in [0.15, 0.2) is 0 Å². The Morgan fingerprint density at radius 1 is 0.611 bits per heavy atom. The second-order valence-electron chi connectivity index (χ2n) is 8.13. The molecule has 0 aromatic heterocycles. The van der Waals surface area contributed by atoms with Crippen molar-refractivity contribution in [3.8, 4) is 0 Å². The molecule has 0 saturated heterocycles. The van der Waals surface area contributed by atoms with Crippen molar-refractivity contribution in [1.82, 2.24) is 0 Å². The van der Waals surface area contributed by atoms with Gasteiger partial charge in [0, 0.05) is 0 Å². The summed E-state index contributed by atoms with van der Waals surface area (Å²) < 4.78 is 0. The quantitative estimate of drug-likeness (QED) is 0.578. The predicted molar refractivity (Wildman–Crippen MR) is 78.5 cm³/mol. The average molecular weight is 248 g/mol. The highest BCUT2D eigenvalue weighted by Crippen LogP contribution is 2.55. The van der Waals surface area contributed by atoms with Gasteiger partial charge in [0.05, 0.1) is 0 Å². The molecule has 0 heterocycles. The fraction of sp³-hybridized carbons (Fsp3) is 1.00. The lowest BCUT2D eigenvalue weighted by Crippen LogP contribution is -2.33. The average Bonchev–Trinajstić information content (AvgIpc) is 2.84. The van der Waals surface area contributed by atoms with Crippen LogP contribution < -0.4 is 0 Å². The Hall–Kier alpha value is 0. The molecule has 0 aliphatic heterocycles. The van der Waals surface area contributed by atoms with Crippen molar-refractivity contribution >= 4 is 0 Å². The zero-order valence-electron chi connectivity index (χ0n) is 12.6. The Balaban J connectivity index is 1.66. The van der Waals surface area contributed by atoms with E-state index < -0.39 is 0 Å². The first-order valence-electron chi connectivity index (χ1n) is 8.68. The highest BCUT2D eigenvalue weighted by molar-refractivity contribution is 4.95. The molecular weight excluding hydrogens is 216 g/mol. The first-order chi connectivity index (χ1) is 8.68. The summed E-state index contributed by atoms with van der Waals surface area (Å²) in [4.78, 5) is 0. The topological polar surface area (TPSA) is 0 Å². The van der Waals surface area contributed by atoms with Crippen molar-refractivity contribution in [3.63, 3.8) is 0 Å². The molecule has 3 rings (SSSR count). The van der Waals surface area contributed by atoms with Gasteiger partial charge in [-0.15, -0.1) is 0 Å². The predicted octanol–water partition coefficient (Wildman–Crippen LogP) is 5.81. The lowest BCUT2D eigenvalue weighted by Gasteiger charge is -2.42. The van der Waals surface area contributed by atoms with Crippen LogP contribution in [0.4, 0.5) is 0 Å². The van der Waals surface area contributed by atoms with E-state index in [1.807, 2.05) is 0 Å². The van der Waals surface area contributed by atoms with Crippen molar-refractivity contribution < 1.29 is 0 Å². The maximum absolute atomic E-state index is 2.62. The number of hydrogen-bond acceptors (Lipinski definition) is 0. The summed E-state index contributed by atoms with van der Waals surface area (Å²) >= 11 is 0. The van der Waals surface area contributed by atoms with E-state index in [0.717, 1.165) is 23.7 Å². The van der Waals surface area contributed by atoms with Gasteiger partial charge < -0.3 is 0 Å². The van der Waals surface area contributed by atoms with E-state index in [1.54, 1.807) is 25.7 Å². The SMILES string of the molecule is CC(C)(C1CCCCC1)C1CC2CCCCC2C1. The highest BCUT2D eigenvalue weighted by atomic mass is 14.5. The van der Waals surface area contributed by atoms with Gasteiger partial charge in [0.15, 0.2) is 0 Å². The van der Waals surface area contributed by atoms with E-state index in [9.17, 15) is 0 Å². The summed E-state index contributed by atoms with van der Waals surface area (Å²) in [6.45, 7) is 5.23. The number of hydrogen-bond donors (Lipinski definition) is 0. The van der Waals surface area contributed by atoms with Gasteiger partial charge in [-0.05, 0) is 54.8 Å². The minimum atomic E-state index is 0.637. The molecule has 3 saturated carbocycles. The van der Waals surface area contributed by atoms with E-state index in [0.29, 0.717) is 5.41 Å². The third-order valence-electron chi connectivity index (χ3n) is 6.95. The second-order valence-corrected chi connectivity index (χ2v) is 8.13. The van der Waals surface area contributed by atoms with Crippen LogP contribution in [0.5, 0.6) is 0 Å². The lowest BCUT2D eigenvalue weighted by atomic mass is 9.63. The Bertz CT molecular complexity index is 258. The minimum Gasteiger partial charge on any atom is -0.0594 e. The molecule has 0 amide bonds. The molecule has 2 unspecified atom stereocenters. The van der Waals surface area contributed by atoms with E-state index in [2.05, 4.69) is 13.8 Å². The third kappa shape index (κ3) is 2.37. The van der Waals surface area contributed by atoms with Crippen molar-refractivity contribution in [3.05, 3.63) is 0 Å². The Labute approximate surface area is 114 Å². The Morgan fingerprint density at radius 2 is 1.11 bits per heavy atom. The van der Waals surface area contributed by atoms with Crippen molar-refractivity contribution in [2.75, 3.05) is 0 Å². The Kier molecular flexibility index (Phi) is 3.74. The highest BCUT2D eigenvalue weighted by Gasteiger charge is 2.45. The molecule has 0 heteroatoms. The Morgan fingerprint density at radius 3 is 1.67 bits per heavy atom. The summed E-state index contributed by atoms with van der Waals surface area (Å²) in [5.41, 5.74) is 0.637. The van der Waals surface area contributed by atoms with Gasteiger partial charge in [0.25, 0.3) is 0 Å². The summed E-state index contributed by atoms with van der Waals surface area (Å²) in [6.07, 6.45) is 16.9. The third-order valence-corrected chi connectivity index (χ3v) is 6.95. The standard InChI is InChI=1S/C18H32/c1-18(2,16-10-4-3-5-11-16)17-12-14-8-6-7-9-15(14)13-17/h14-17H,3-13H2,1-2H3. The lowest BCUT2D eigenvalue weighted by molar-refractivity contribution is 0.0819. The zero-order valence-corrected chi connectivity index (χ0v) is 12.6. The first-order valence-corrected chi connectivity index (χ1v) is 8.68. The molecule has 0 bridgehead atoms. The molecular formula is C18H32. The molecule has 3 aliphatic carbocycles. The molecule has 2 atom stereocenters. The molecule has 3 aliphatic rings. The smallest absolute Gasteiger partial charge is 0.0297 e. The molecule has 0 aromatic rings. The summed E-state index contributed by atoms with van der Waals surface area (Å²) in [5.74, 6) is 4.32. The van der Waals surface area contributed by atoms with Gasteiger partial charge in [0.2, 0.25) is 0 Å². The van der Waals surface area contributed by atoms with Gasteiger partial charge in [-0.3, -0.25) is 0 Å². The van der Waals surface area contributed by atoms with Crippen LogP contribution in [-0.4, -0.2) is 0 Å². The fourth-order valence-electron chi connectivity index (χ4n) is 5.52. The monoisotopic (exact) mass is 248 g/mol. The summed E-state index contributed by atoms with van der Waals surface area (Å²) in [7, 11) is 0. The van der Waals surface area contributed by atoms with E-state index in [1.165, 1.54) is 44.9 Å². The zero-order chi connectivity index (χ0) is 12.6. The molecule has 3 fully saturated rings. The molecule has 18 heavy (non-hydrogen) atoms. The van der Waals surface area contributed by atoms with Crippen LogP contribution >= 0.6 is 0 Å². The largest absolute Gasteiger partial charge is 0.0594 e. The van der Waals surface area contributed by atoms with Crippen molar-refractivity contribution in [2.45, 2.75) is 84.5 Å². The van der Waals surface area contributed by atoms with Gasteiger partial charge in [-0.2, -0.15) is 0 Å². The molecule has 0 nitrogen and oxygen atoms in total. The minimum absolute atomic E-state index is 0.637. The molecule has 0 aromatic carbocycles. The van der Waals surface area contributed by atoms with Gasteiger partial charge in [-0.1, -0.05) is 58.8 Å². The van der Waals surface area contributed by atoms with Crippen LogP contribution in [0.3, 0.4) is 0 Å². The molecule has 104 valence electrons.